The molecule has 1 amide bonds. The minimum atomic E-state index is -0.0191. The van der Waals surface area contributed by atoms with Crippen molar-refractivity contribution in [1.82, 2.24) is 25.0 Å². The second kappa shape index (κ2) is 5.33. The normalized spacial score (nSPS) is 26.1. The number of morpholine rings is 1. The van der Waals surface area contributed by atoms with Crippen molar-refractivity contribution in [3.63, 3.8) is 0 Å². The molecule has 2 fully saturated rings. The van der Waals surface area contributed by atoms with E-state index in [1.54, 1.807) is 12.3 Å². The number of hydrogen-bond acceptors (Lipinski definition) is 5. The molecule has 0 saturated carbocycles. The van der Waals surface area contributed by atoms with Crippen LogP contribution in [0.3, 0.4) is 0 Å². The maximum absolute atomic E-state index is 12.7. The average Bonchev–Trinajstić information content (AvgIpc) is 3.01. The quantitative estimate of drug-likeness (QED) is 0.830. The van der Waals surface area contributed by atoms with Gasteiger partial charge in [0.25, 0.3) is 5.91 Å². The van der Waals surface area contributed by atoms with Gasteiger partial charge in [0.2, 0.25) is 0 Å². The van der Waals surface area contributed by atoms with E-state index in [9.17, 15) is 4.79 Å². The van der Waals surface area contributed by atoms with E-state index in [0.29, 0.717) is 30.5 Å². The molecule has 0 spiro atoms. The van der Waals surface area contributed by atoms with Gasteiger partial charge in [0.15, 0.2) is 5.65 Å². The standard InChI is InChI=1S/C15H19N5O2/c1-10-8-22-9-12-7-19(4-5-20(10)12)15(21)13-3-2-11-6-16-18-14(11)17-13/h2-3,6,10,12H,4-5,7-9H2,1H3,(H,16,17,18)/t10-,12+/m0/s1. The van der Waals surface area contributed by atoms with Crippen molar-refractivity contribution >= 4 is 16.9 Å². The number of H-pyrrole nitrogens is 1. The molecule has 0 aliphatic carbocycles. The Morgan fingerprint density at radius 1 is 1.36 bits per heavy atom. The van der Waals surface area contributed by atoms with Crippen LogP contribution in [-0.2, 0) is 4.74 Å². The summed E-state index contributed by atoms with van der Waals surface area (Å²) in [6.07, 6.45) is 1.70. The Hall–Kier alpha value is -1.99. The molecule has 7 nitrogen and oxygen atoms in total. The molecule has 0 radical (unpaired) electrons. The van der Waals surface area contributed by atoms with E-state index in [2.05, 4.69) is 27.0 Å². The van der Waals surface area contributed by atoms with Gasteiger partial charge in [0, 0.05) is 31.1 Å². The van der Waals surface area contributed by atoms with E-state index in [1.165, 1.54) is 0 Å². The summed E-state index contributed by atoms with van der Waals surface area (Å²) < 4.78 is 5.62. The highest BCUT2D eigenvalue weighted by Gasteiger charge is 2.35. The molecule has 22 heavy (non-hydrogen) atoms. The van der Waals surface area contributed by atoms with Crippen molar-refractivity contribution in [2.75, 3.05) is 32.8 Å². The lowest BCUT2D eigenvalue weighted by Gasteiger charge is -2.46. The highest BCUT2D eigenvalue weighted by molar-refractivity contribution is 5.94. The topological polar surface area (TPSA) is 74.3 Å². The first-order chi connectivity index (χ1) is 10.7. The first-order valence-electron chi connectivity index (χ1n) is 7.65. The number of hydrogen-bond donors (Lipinski definition) is 1. The zero-order valence-electron chi connectivity index (χ0n) is 12.5. The third-order valence-corrected chi connectivity index (χ3v) is 4.57. The van der Waals surface area contributed by atoms with E-state index in [-0.39, 0.29) is 11.9 Å². The fourth-order valence-corrected chi connectivity index (χ4v) is 3.36. The number of carbonyl (C=O) groups is 1. The minimum Gasteiger partial charge on any atom is -0.378 e. The summed E-state index contributed by atoms with van der Waals surface area (Å²) in [6, 6.07) is 4.36. The van der Waals surface area contributed by atoms with Crippen LogP contribution in [-0.4, -0.2) is 75.8 Å². The highest BCUT2D eigenvalue weighted by atomic mass is 16.5. The van der Waals surface area contributed by atoms with Gasteiger partial charge in [0.05, 0.1) is 25.5 Å². The summed E-state index contributed by atoms with van der Waals surface area (Å²) in [5, 5.41) is 7.66. The van der Waals surface area contributed by atoms with E-state index in [0.717, 1.165) is 25.1 Å². The van der Waals surface area contributed by atoms with Crippen LogP contribution < -0.4 is 0 Å². The Labute approximate surface area is 128 Å². The van der Waals surface area contributed by atoms with Gasteiger partial charge in [-0.15, -0.1) is 0 Å². The number of fused-ring (bicyclic) bond motifs is 2. The number of aromatic amines is 1. The summed E-state index contributed by atoms with van der Waals surface area (Å²) in [5.41, 5.74) is 1.12. The van der Waals surface area contributed by atoms with Crippen LogP contribution in [0.5, 0.6) is 0 Å². The molecule has 116 valence electrons. The van der Waals surface area contributed by atoms with Crippen molar-refractivity contribution in [2.24, 2.45) is 0 Å². The molecular formula is C15H19N5O2. The smallest absolute Gasteiger partial charge is 0.272 e. The Balaban J connectivity index is 1.53. The van der Waals surface area contributed by atoms with Crippen LogP contribution in [0.25, 0.3) is 11.0 Å². The third-order valence-electron chi connectivity index (χ3n) is 4.57. The van der Waals surface area contributed by atoms with Gasteiger partial charge in [-0.2, -0.15) is 5.10 Å². The number of ether oxygens (including phenoxy) is 1. The molecule has 7 heteroatoms. The maximum atomic E-state index is 12.7. The van der Waals surface area contributed by atoms with Crippen molar-refractivity contribution in [2.45, 2.75) is 19.0 Å². The molecule has 0 aromatic carbocycles. The molecule has 1 N–H and O–H groups in total. The van der Waals surface area contributed by atoms with Gasteiger partial charge < -0.3 is 9.64 Å². The van der Waals surface area contributed by atoms with Gasteiger partial charge in [-0.05, 0) is 19.1 Å². The fraction of sp³-hybridized carbons (Fsp3) is 0.533. The number of nitrogens with zero attached hydrogens (tertiary/aromatic N) is 4. The van der Waals surface area contributed by atoms with Crippen LogP contribution >= 0.6 is 0 Å². The predicted molar refractivity (Wildman–Crippen MR) is 80.6 cm³/mol. The van der Waals surface area contributed by atoms with Gasteiger partial charge in [-0.3, -0.25) is 14.8 Å². The Morgan fingerprint density at radius 2 is 2.27 bits per heavy atom. The summed E-state index contributed by atoms with van der Waals surface area (Å²) in [6.45, 7) is 5.99. The summed E-state index contributed by atoms with van der Waals surface area (Å²) in [7, 11) is 0. The number of amides is 1. The number of nitrogens with one attached hydrogen (secondary N) is 1. The molecule has 2 atom stereocenters. The third kappa shape index (κ3) is 2.26. The summed E-state index contributed by atoms with van der Waals surface area (Å²) >= 11 is 0. The van der Waals surface area contributed by atoms with Crippen LogP contribution in [0.4, 0.5) is 0 Å². The van der Waals surface area contributed by atoms with Crippen LogP contribution in [0.1, 0.15) is 17.4 Å². The zero-order valence-corrected chi connectivity index (χ0v) is 12.5. The molecule has 0 bridgehead atoms. The fourth-order valence-electron chi connectivity index (χ4n) is 3.36. The van der Waals surface area contributed by atoms with Crippen LogP contribution in [0, 0.1) is 0 Å². The molecular weight excluding hydrogens is 282 g/mol. The predicted octanol–water partition coefficient (Wildman–Crippen LogP) is 0.503. The lowest BCUT2D eigenvalue weighted by molar-refractivity contribution is -0.0700. The monoisotopic (exact) mass is 301 g/mol. The minimum absolute atomic E-state index is 0.0191. The molecule has 2 aromatic rings. The van der Waals surface area contributed by atoms with Crippen LogP contribution in [0.15, 0.2) is 18.3 Å². The van der Waals surface area contributed by atoms with Gasteiger partial charge in [-0.1, -0.05) is 0 Å². The first kappa shape index (κ1) is 13.7. The second-order valence-electron chi connectivity index (χ2n) is 6.03. The number of aromatic nitrogens is 3. The largest absolute Gasteiger partial charge is 0.378 e. The molecule has 2 aliphatic rings. The second-order valence-corrected chi connectivity index (χ2v) is 6.03. The van der Waals surface area contributed by atoms with Crippen molar-refractivity contribution in [1.29, 1.82) is 0 Å². The zero-order chi connectivity index (χ0) is 15.1. The molecule has 4 rings (SSSR count). The first-order valence-corrected chi connectivity index (χ1v) is 7.65. The number of piperazine rings is 1. The Kier molecular flexibility index (Phi) is 3.31. The molecule has 4 heterocycles. The highest BCUT2D eigenvalue weighted by Crippen LogP contribution is 2.20. The van der Waals surface area contributed by atoms with Gasteiger partial charge >= 0.3 is 0 Å². The van der Waals surface area contributed by atoms with Crippen molar-refractivity contribution < 1.29 is 9.53 Å². The summed E-state index contributed by atoms with van der Waals surface area (Å²) in [4.78, 5) is 21.4. The number of carbonyl (C=O) groups excluding carboxylic acids is 1. The van der Waals surface area contributed by atoms with E-state index >= 15 is 0 Å². The van der Waals surface area contributed by atoms with Crippen LogP contribution in [0.2, 0.25) is 0 Å². The molecule has 2 aliphatic heterocycles. The van der Waals surface area contributed by atoms with E-state index < -0.39 is 0 Å². The van der Waals surface area contributed by atoms with Gasteiger partial charge in [-0.25, -0.2) is 4.98 Å². The van der Waals surface area contributed by atoms with Crippen molar-refractivity contribution in [3.8, 4) is 0 Å². The van der Waals surface area contributed by atoms with E-state index in [4.69, 9.17) is 4.74 Å². The SMILES string of the molecule is C[C@H]1COC[C@H]2CN(C(=O)c3ccc4cn[nH]c4n3)CCN21. The van der Waals surface area contributed by atoms with Gasteiger partial charge in [0.1, 0.15) is 5.69 Å². The number of rotatable bonds is 1. The average molecular weight is 301 g/mol. The molecule has 2 aromatic heterocycles. The summed E-state index contributed by atoms with van der Waals surface area (Å²) in [5.74, 6) is -0.0191. The van der Waals surface area contributed by atoms with E-state index in [1.807, 2.05) is 11.0 Å². The Bertz CT molecular complexity index is 700. The maximum Gasteiger partial charge on any atom is 0.272 e. The number of pyridine rings is 1. The lowest BCUT2D eigenvalue weighted by Crippen LogP contribution is -2.62. The molecule has 2 saturated heterocycles. The van der Waals surface area contributed by atoms with Crippen molar-refractivity contribution in [3.05, 3.63) is 24.0 Å². The Morgan fingerprint density at radius 3 is 3.18 bits per heavy atom. The lowest BCUT2D eigenvalue weighted by atomic mass is 10.1. The molecule has 0 unspecified atom stereocenters.